The monoisotopic (exact) mass is 683 g/mol. The number of rotatable bonds is 13. The molecule has 22 nitrogen and oxygen atoms in total. The Balaban J connectivity index is 1.57. The summed E-state index contributed by atoms with van der Waals surface area (Å²) in [6.45, 7) is -1.73. The molecule has 2 radical (unpaired) electrons. The molecule has 1 saturated heterocycles. The molecule has 1 aliphatic rings. The molecule has 7 atom stereocenters. The number of nitrogens with two attached hydrogens (primary N) is 1. The molecule has 1 aliphatic heterocycles. The zero-order valence-electron chi connectivity index (χ0n) is 20.9. The highest BCUT2D eigenvalue weighted by molar-refractivity contribution is 7.71. The van der Waals surface area contributed by atoms with Crippen LogP contribution in [0.4, 0.5) is 11.9 Å². The van der Waals surface area contributed by atoms with Crippen molar-refractivity contribution in [3.8, 4) is 0 Å². The van der Waals surface area contributed by atoms with Gasteiger partial charge in [-0.25, -0.2) is 28.6 Å². The number of carbonyl (C=O) groups is 1. The van der Waals surface area contributed by atoms with Crippen LogP contribution in [0.1, 0.15) is 6.23 Å². The highest BCUT2D eigenvalue weighted by atomic mass is 32.1. The molecular formula is C17H18N8O14P3S-3. The van der Waals surface area contributed by atoms with Crippen molar-refractivity contribution in [1.29, 1.82) is 0 Å². The number of ether oxygens (including phenoxy) is 3. The first-order valence-electron chi connectivity index (χ1n) is 11.2. The Hall–Kier alpha value is -2.59. The van der Waals surface area contributed by atoms with Gasteiger partial charge in [-0.3, -0.25) is 28.4 Å². The Kier molecular flexibility index (Phi) is 10.2. The maximum absolute atomic E-state index is 12.5. The number of H-pyrrole nitrogens is 1. The van der Waals surface area contributed by atoms with E-state index in [1.165, 1.54) is 29.4 Å². The van der Waals surface area contributed by atoms with Crippen LogP contribution in [0.2, 0.25) is 0 Å². The predicted molar refractivity (Wildman–Crippen MR) is 134 cm³/mol. The Bertz CT molecular complexity index is 1670. The molecule has 26 heteroatoms. The quantitative estimate of drug-likeness (QED) is 0.115. The molecule has 4 heterocycles. The molecule has 3 aromatic heterocycles. The summed E-state index contributed by atoms with van der Waals surface area (Å²) in [5.74, 6) is -0.876. The van der Waals surface area contributed by atoms with E-state index in [0.29, 0.717) is 0 Å². The second-order valence-corrected chi connectivity index (χ2v) is 12.8. The van der Waals surface area contributed by atoms with Crippen LogP contribution < -0.4 is 25.7 Å². The SMILES string of the molecule is [CH]OC1[C@@H](COP(=O)([O-])OP(=O)([O-])OP(=O)([O-])O)O[C@@H](n2cnc3c(=S)nc(N)[nH]c32)[C@H]1OCC(=O)Nc1ncccn1. The van der Waals surface area contributed by atoms with Crippen LogP contribution in [-0.4, -0.2) is 71.8 Å². The van der Waals surface area contributed by atoms with Crippen molar-refractivity contribution in [3.05, 3.63) is 36.5 Å². The van der Waals surface area contributed by atoms with Gasteiger partial charge in [-0.15, -0.1) is 0 Å². The third kappa shape index (κ3) is 8.75. The second-order valence-electron chi connectivity index (χ2n) is 8.16. The maximum Gasteiger partial charge on any atom is 0.280 e. The van der Waals surface area contributed by atoms with Gasteiger partial charge in [0.1, 0.15) is 43.2 Å². The van der Waals surface area contributed by atoms with Crippen molar-refractivity contribution in [2.45, 2.75) is 24.5 Å². The summed E-state index contributed by atoms with van der Waals surface area (Å²) in [5.41, 5.74) is 6.08. The van der Waals surface area contributed by atoms with Gasteiger partial charge in [0.05, 0.1) is 12.9 Å². The summed E-state index contributed by atoms with van der Waals surface area (Å²) in [4.78, 5) is 73.7. The number of phosphoric ester groups is 1. The first kappa shape index (κ1) is 33.3. The lowest BCUT2D eigenvalue weighted by Gasteiger charge is -2.33. The van der Waals surface area contributed by atoms with Crippen LogP contribution in [0.15, 0.2) is 24.8 Å². The van der Waals surface area contributed by atoms with Crippen molar-refractivity contribution in [3.63, 3.8) is 0 Å². The number of amides is 1. The van der Waals surface area contributed by atoms with Crippen molar-refractivity contribution < 1.29 is 65.4 Å². The summed E-state index contributed by atoms with van der Waals surface area (Å²) in [6, 6.07) is 1.52. The number of aromatic amines is 1. The van der Waals surface area contributed by atoms with Gasteiger partial charge >= 0.3 is 0 Å². The highest BCUT2D eigenvalue weighted by Crippen LogP contribution is 2.61. The third-order valence-electron chi connectivity index (χ3n) is 5.21. The molecule has 4 rings (SSSR count). The van der Waals surface area contributed by atoms with Crippen molar-refractivity contribution in [1.82, 2.24) is 29.5 Å². The van der Waals surface area contributed by atoms with Crippen molar-refractivity contribution in [2.75, 3.05) is 24.3 Å². The lowest BCUT2D eigenvalue weighted by Crippen LogP contribution is -2.39. The third-order valence-corrected chi connectivity index (χ3v) is 9.18. The fourth-order valence-electron chi connectivity index (χ4n) is 3.70. The molecule has 4 unspecified atom stereocenters. The Labute approximate surface area is 245 Å². The minimum atomic E-state index is -6.17. The average Bonchev–Trinajstić information content (AvgIpc) is 3.45. The van der Waals surface area contributed by atoms with E-state index in [4.69, 9.17) is 44.2 Å². The van der Waals surface area contributed by atoms with Crippen LogP contribution in [0, 0.1) is 11.8 Å². The lowest BCUT2D eigenvalue weighted by atomic mass is 10.1. The summed E-state index contributed by atoms with van der Waals surface area (Å²) in [7, 11) is -12.6. The fraction of sp³-hybridized carbons (Fsp3) is 0.353. The molecule has 0 saturated carbocycles. The number of hydrogen-bond acceptors (Lipinski definition) is 19. The van der Waals surface area contributed by atoms with E-state index < -0.39 is 67.1 Å². The standard InChI is InChI=1S/C17H21N8O14P3S/c1-34-11-8(5-36-41(30,31)39-42(32,33)38-40(27,28)29)37-15(25-7-21-10-13(25)23-16(18)24-14(10)43)12(11)35-6-9(26)22-17-19-3-2-4-20-17/h1-4,7-8,11-12,15H,5-6H2,(H,30,31)(H,32,33)(H2,27,28,29)(H3,18,23,24,43)(H,19,20,22,26)/p-3/t8-,11?,12+,15-/m1/s1. The van der Waals surface area contributed by atoms with E-state index in [1.807, 2.05) is 0 Å². The first-order valence-corrected chi connectivity index (χ1v) is 16.0. The molecule has 3 aromatic rings. The van der Waals surface area contributed by atoms with E-state index in [2.05, 4.69) is 43.4 Å². The van der Waals surface area contributed by atoms with Crippen molar-refractivity contribution >= 4 is 64.7 Å². The van der Waals surface area contributed by atoms with Crippen LogP contribution in [0.5, 0.6) is 0 Å². The van der Waals surface area contributed by atoms with Gasteiger partial charge in [-0.1, -0.05) is 12.2 Å². The van der Waals surface area contributed by atoms with Crippen LogP contribution >= 0.6 is 35.7 Å². The van der Waals surface area contributed by atoms with Crippen LogP contribution in [0.3, 0.4) is 0 Å². The molecule has 0 aliphatic carbocycles. The number of fused-ring (bicyclic) bond motifs is 1. The Morgan fingerprint density at radius 1 is 1.19 bits per heavy atom. The van der Waals surface area contributed by atoms with Gasteiger partial charge in [-0.05, 0) is 6.07 Å². The molecule has 0 aromatic carbocycles. The van der Waals surface area contributed by atoms with E-state index in [1.54, 1.807) is 0 Å². The Morgan fingerprint density at radius 2 is 1.88 bits per heavy atom. The number of hydrogen-bond donors (Lipinski definition) is 4. The van der Waals surface area contributed by atoms with Crippen molar-refractivity contribution in [2.24, 2.45) is 0 Å². The molecule has 1 fully saturated rings. The van der Waals surface area contributed by atoms with Crippen LogP contribution in [0.25, 0.3) is 11.2 Å². The minimum absolute atomic E-state index is 0.00780. The highest BCUT2D eigenvalue weighted by Gasteiger charge is 2.48. The number of phosphoric acid groups is 3. The van der Waals surface area contributed by atoms with Gasteiger partial charge in [0.15, 0.2) is 16.8 Å². The Morgan fingerprint density at radius 3 is 2.53 bits per heavy atom. The van der Waals surface area contributed by atoms with Gasteiger partial charge in [0, 0.05) is 12.4 Å². The number of imidazole rings is 1. The molecule has 234 valence electrons. The fourth-order valence-corrected chi connectivity index (χ4v) is 6.85. The minimum Gasteiger partial charge on any atom is -0.756 e. The lowest BCUT2D eigenvalue weighted by molar-refractivity contribution is -0.250. The van der Waals surface area contributed by atoms with Gasteiger partial charge in [0.25, 0.3) is 29.4 Å². The summed E-state index contributed by atoms with van der Waals surface area (Å²) in [6.07, 6.45) is -1.61. The number of aromatic nitrogens is 6. The van der Waals surface area contributed by atoms with Gasteiger partial charge < -0.3 is 49.0 Å². The zero-order chi connectivity index (χ0) is 31.6. The number of nitrogens with one attached hydrogen (secondary N) is 2. The maximum atomic E-state index is 12.5. The van der Waals surface area contributed by atoms with E-state index in [0.717, 1.165) is 0 Å². The summed E-state index contributed by atoms with van der Waals surface area (Å²) < 4.78 is 63.4. The number of anilines is 2. The molecule has 0 spiro atoms. The van der Waals surface area contributed by atoms with E-state index in [9.17, 15) is 33.2 Å². The van der Waals surface area contributed by atoms with Crippen LogP contribution in [-0.2, 0) is 45.8 Å². The first-order chi connectivity index (χ1) is 20.1. The summed E-state index contributed by atoms with van der Waals surface area (Å²) in [5, 5.41) is 2.38. The molecule has 43 heavy (non-hydrogen) atoms. The summed E-state index contributed by atoms with van der Waals surface area (Å²) >= 11 is 5.15. The largest absolute Gasteiger partial charge is 0.756 e. The topological polar surface area (TPSA) is 323 Å². The second kappa shape index (κ2) is 13.2. The number of nitrogen functional groups attached to an aromatic ring is 1. The molecule has 5 N–H and O–H groups in total. The predicted octanol–water partition coefficient (Wildman–Crippen LogP) is -1.72. The molecule has 1 amide bonds. The zero-order valence-corrected chi connectivity index (χ0v) is 24.4. The van der Waals surface area contributed by atoms with Gasteiger partial charge in [-0.2, -0.15) is 0 Å². The number of carbonyl (C=O) groups excluding carboxylic acids is 1. The molecule has 0 bridgehead atoms. The normalized spacial score (nSPS) is 24.7. The smallest absolute Gasteiger partial charge is 0.280 e. The van der Waals surface area contributed by atoms with Gasteiger partial charge in [0.2, 0.25) is 5.95 Å². The number of nitrogens with zero attached hydrogens (tertiary/aromatic N) is 5. The van der Waals surface area contributed by atoms with E-state index in [-0.39, 0.29) is 27.7 Å². The van der Waals surface area contributed by atoms with E-state index >= 15 is 0 Å². The average molecular weight is 683 g/mol. The molecular weight excluding hydrogens is 665 g/mol.